The number of nitrogens with zero attached hydrogens (tertiary/aromatic N) is 3. The molecule has 1 aromatic rings. The standard InChI is InChI=1S/C22H36N4O/c1-18-8-7-9-19(16-18)20(24(2)3)21(27)23-17-22(10-5-6-11-22)26-14-12-25(4)13-15-26/h7-9,16,20H,5-6,10-15,17H2,1-4H3,(H,23,27)/t20-/m0/s1. The molecule has 0 spiro atoms. The van der Waals surface area contributed by atoms with E-state index in [0.29, 0.717) is 0 Å². The highest BCUT2D eigenvalue weighted by atomic mass is 16.2. The first-order valence-corrected chi connectivity index (χ1v) is 10.4. The maximum Gasteiger partial charge on any atom is 0.242 e. The second-order valence-electron chi connectivity index (χ2n) is 8.72. The smallest absolute Gasteiger partial charge is 0.242 e. The fourth-order valence-electron chi connectivity index (χ4n) is 4.79. The number of carbonyl (C=O) groups is 1. The number of benzene rings is 1. The quantitative estimate of drug-likeness (QED) is 0.831. The van der Waals surface area contributed by atoms with Gasteiger partial charge in [-0.25, -0.2) is 0 Å². The zero-order valence-electron chi connectivity index (χ0n) is 17.5. The highest BCUT2D eigenvalue weighted by Gasteiger charge is 2.41. The zero-order valence-corrected chi connectivity index (χ0v) is 17.5. The Balaban J connectivity index is 1.69. The van der Waals surface area contributed by atoms with E-state index in [1.54, 1.807) is 0 Å². The first kappa shape index (κ1) is 20.3. The van der Waals surface area contributed by atoms with Crippen LogP contribution >= 0.6 is 0 Å². The molecule has 1 heterocycles. The fourth-order valence-corrected chi connectivity index (χ4v) is 4.79. The number of piperazine rings is 1. The van der Waals surface area contributed by atoms with Gasteiger partial charge in [0.15, 0.2) is 0 Å². The molecule has 2 aliphatic rings. The Bertz CT molecular complexity index is 631. The average molecular weight is 373 g/mol. The molecule has 0 bridgehead atoms. The predicted molar refractivity (Wildman–Crippen MR) is 111 cm³/mol. The highest BCUT2D eigenvalue weighted by molar-refractivity contribution is 5.83. The number of amides is 1. The molecule has 5 nitrogen and oxygen atoms in total. The third-order valence-corrected chi connectivity index (χ3v) is 6.42. The Hall–Kier alpha value is -1.43. The van der Waals surface area contributed by atoms with Crippen LogP contribution in [0.25, 0.3) is 0 Å². The number of rotatable bonds is 6. The van der Waals surface area contributed by atoms with Crippen LogP contribution in [0, 0.1) is 6.92 Å². The van der Waals surface area contributed by atoms with Gasteiger partial charge < -0.3 is 10.2 Å². The van der Waals surface area contributed by atoms with Crippen molar-refractivity contribution in [1.82, 2.24) is 20.0 Å². The van der Waals surface area contributed by atoms with Crippen molar-refractivity contribution in [2.24, 2.45) is 0 Å². The van der Waals surface area contributed by atoms with E-state index in [2.05, 4.69) is 47.3 Å². The van der Waals surface area contributed by atoms with Gasteiger partial charge in [-0.1, -0.05) is 42.7 Å². The van der Waals surface area contributed by atoms with Crippen molar-refractivity contribution in [3.05, 3.63) is 35.4 Å². The molecule has 1 aromatic carbocycles. The van der Waals surface area contributed by atoms with Gasteiger partial charge in [0, 0.05) is 38.3 Å². The minimum Gasteiger partial charge on any atom is -0.353 e. The normalized spacial score (nSPS) is 22.1. The van der Waals surface area contributed by atoms with Crippen molar-refractivity contribution in [3.8, 4) is 0 Å². The summed E-state index contributed by atoms with van der Waals surface area (Å²) in [6.07, 6.45) is 4.95. The molecule has 5 heteroatoms. The van der Waals surface area contributed by atoms with Crippen molar-refractivity contribution < 1.29 is 4.79 Å². The average Bonchev–Trinajstić information content (AvgIpc) is 3.11. The van der Waals surface area contributed by atoms with Crippen molar-refractivity contribution in [2.75, 3.05) is 53.9 Å². The van der Waals surface area contributed by atoms with Gasteiger partial charge in [0.1, 0.15) is 6.04 Å². The van der Waals surface area contributed by atoms with E-state index in [-0.39, 0.29) is 17.5 Å². The molecular formula is C22H36N4O. The summed E-state index contributed by atoms with van der Waals surface area (Å²) in [5, 5.41) is 3.34. The van der Waals surface area contributed by atoms with E-state index < -0.39 is 0 Å². The predicted octanol–water partition coefficient (Wildman–Crippen LogP) is 2.27. The summed E-state index contributed by atoms with van der Waals surface area (Å²) in [6.45, 7) is 7.32. The SMILES string of the molecule is Cc1cccc([C@@H](C(=O)NCC2(N3CCN(C)CC3)CCCC2)N(C)C)c1. The summed E-state index contributed by atoms with van der Waals surface area (Å²) in [5.41, 5.74) is 2.41. The molecule has 0 radical (unpaired) electrons. The second-order valence-corrected chi connectivity index (χ2v) is 8.72. The summed E-state index contributed by atoms with van der Waals surface area (Å²) in [6, 6.07) is 8.06. The van der Waals surface area contributed by atoms with Gasteiger partial charge in [0.25, 0.3) is 0 Å². The molecule has 1 saturated heterocycles. The van der Waals surface area contributed by atoms with Crippen LogP contribution in [0.3, 0.4) is 0 Å². The fraction of sp³-hybridized carbons (Fsp3) is 0.682. The lowest BCUT2D eigenvalue weighted by Crippen LogP contribution is -2.60. The van der Waals surface area contributed by atoms with Crippen LogP contribution in [0.5, 0.6) is 0 Å². The van der Waals surface area contributed by atoms with Gasteiger partial charge in [-0.2, -0.15) is 0 Å². The molecule has 27 heavy (non-hydrogen) atoms. The Morgan fingerprint density at radius 1 is 1.19 bits per heavy atom. The molecule has 0 unspecified atom stereocenters. The van der Waals surface area contributed by atoms with Crippen LogP contribution in [0.2, 0.25) is 0 Å². The van der Waals surface area contributed by atoms with Crippen LogP contribution < -0.4 is 5.32 Å². The van der Waals surface area contributed by atoms with E-state index in [9.17, 15) is 4.79 Å². The van der Waals surface area contributed by atoms with Gasteiger partial charge in [0.2, 0.25) is 5.91 Å². The van der Waals surface area contributed by atoms with Crippen LogP contribution in [-0.2, 0) is 4.79 Å². The van der Waals surface area contributed by atoms with Gasteiger partial charge >= 0.3 is 0 Å². The maximum absolute atomic E-state index is 13.2. The summed E-state index contributed by atoms with van der Waals surface area (Å²) >= 11 is 0. The van der Waals surface area contributed by atoms with Crippen LogP contribution in [0.1, 0.15) is 42.9 Å². The van der Waals surface area contributed by atoms with E-state index in [1.165, 1.54) is 31.2 Å². The Labute approximate surface area is 164 Å². The van der Waals surface area contributed by atoms with Gasteiger partial charge in [0.05, 0.1) is 0 Å². The van der Waals surface area contributed by atoms with E-state index in [4.69, 9.17) is 0 Å². The van der Waals surface area contributed by atoms with Crippen molar-refractivity contribution in [3.63, 3.8) is 0 Å². The third-order valence-electron chi connectivity index (χ3n) is 6.42. The minimum absolute atomic E-state index is 0.117. The van der Waals surface area contributed by atoms with Gasteiger partial charge in [-0.05, 0) is 46.5 Å². The molecule has 1 atom stereocenters. The first-order chi connectivity index (χ1) is 12.9. The third kappa shape index (κ3) is 4.71. The van der Waals surface area contributed by atoms with E-state index in [0.717, 1.165) is 38.3 Å². The van der Waals surface area contributed by atoms with Crippen molar-refractivity contribution in [2.45, 2.75) is 44.2 Å². The van der Waals surface area contributed by atoms with Crippen LogP contribution in [-0.4, -0.2) is 80.0 Å². The molecule has 2 fully saturated rings. The number of aryl methyl sites for hydroxylation is 1. The lowest BCUT2D eigenvalue weighted by atomic mass is 9.93. The molecule has 1 aliphatic carbocycles. The largest absolute Gasteiger partial charge is 0.353 e. The number of carbonyl (C=O) groups excluding carboxylic acids is 1. The van der Waals surface area contributed by atoms with Crippen LogP contribution in [0.15, 0.2) is 24.3 Å². The molecule has 150 valence electrons. The van der Waals surface area contributed by atoms with E-state index >= 15 is 0 Å². The van der Waals surface area contributed by atoms with Gasteiger partial charge in [-0.15, -0.1) is 0 Å². The highest BCUT2D eigenvalue weighted by Crippen LogP contribution is 2.35. The first-order valence-electron chi connectivity index (χ1n) is 10.4. The molecule has 1 saturated carbocycles. The monoisotopic (exact) mass is 372 g/mol. The summed E-state index contributed by atoms with van der Waals surface area (Å²) in [7, 11) is 6.17. The van der Waals surface area contributed by atoms with E-state index in [1.807, 2.05) is 25.1 Å². The topological polar surface area (TPSA) is 38.8 Å². The number of hydrogen-bond donors (Lipinski definition) is 1. The molecule has 1 aliphatic heterocycles. The molecule has 1 N–H and O–H groups in total. The van der Waals surface area contributed by atoms with Crippen molar-refractivity contribution >= 4 is 5.91 Å². The van der Waals surface area contributed by atoms with Gasteiger partial charge in [-0.3, -0.25) is 14.6 Å². The molecule has 0 aromatic heterocycles. The summed E-state index contributed by atoms with van der Waals surface area (Å²) in [4.78, 5) is 20.2. The Kier molecular flexibility index (Phi) is 6.56. The minimum atomic E-state index is -0.240. The zero-order chi connectivity index (χ0) is 19.4. The molecular weight excluding hydrogens is 336 g/mol. The Morgan fingerprint density at radius 2 is 1.85 bits per heavy atom. The second kappa shape index (κ2) is 8.72. The maximum atomic E-state index is 13.2. The summed E-state index contributed by atoms with van der Waals surface area (Å²) in [5.74, 6) is 0.117. The number of hydrogen-bond acceptors (Lipinski definition) is 4. The number of nitrogens with one attached hydrogen (secondary N) is 1. The van der Waals surface area contributed by atoms with Crippen LogP contribution in [0.4, 0.5) is 0 Å². The summed E-state index contributed by atoms with van der Waals surface area (Å²) < 4.78 is 0. The number of likely N-dealkylation sites (N-methyl/N-ethyl adjacent to an activating group) is 2. The molecule has 3 rings (SSSR count). The lowest BCUT2D eigenvalue weighted by Gasteiger charge is -2.45. The lowest BCUT2D eigenvalue weighted by molar-refractivity contribution is -0.126. The Morgan fingerprint density at radius 3 is 2.44 bits per heavy atom. The molecule has 1 amide bonds. The van der Waals surface area contributed by atoms with Crippen molar-refractivity contribution in [1.29, 1.82) is 0 Å².